The van der Waals surface area contributed by atoms with Crippen LogP contribution in [0.2, 0.25) is 0 Å². The van der Waals surface area contributed by atoms with E-state index in [-0.39, 0.29) is 5.46 Å². The van der Waals surface area contributed by atoms with E-state index in [0.29, 0.717) is 16.5 Å². The van der Waals surface area contributed by atoms with Crippen LogP contribution in [0.15, 0.2) is 41.8 Å². The standard InChI is InChI=1S/C11H10BFN2O2S/c13-10-5-8(4-9(6-10)12(16)17)7-18-11-14-2-1-3-15-11/h1-6,16-17H,7H2. The van der Waals surface area contributed by atoms with E-state index in [2.05, 4.69) is 9.97 Å². The first kappa shape index (κ1) is 13.0. The monoisotopic (exact) mass is 264 g/mol. The minimum absolute atomic E-state index is 0.139. The van der Waals surface area contributed by atoms with Crippen LogP contribution in [0, 0.1) is 5.82 Å². The number of nitrogens with zero attached hydrogens (tertiary/aromatic N) is 2. The maximum absolute atomic E-state index is 13.3. The van der Waals surface area contributed by atoms with Gasteiger partial charge in [-0.15, -0.1) is 0 Å². The highest BCUT2D eigenvalue weighted by Crippen LogP contribution is 2.18. The van der Waals surface area contributed by atoms with Crippen LogP contribution in [0.5, 0.6) is 0 Å². The zero-order chi connectivity index (χ0) is 13.0. The normalized spacial score (nSPS) is 10.4. The molecule has 92 valence electrons. The molecule has 2 N–H and O–H groups in total. The van der Waals surface area contributed by atoms with Crippen molar-refractivity contribution in [1.82, 2.24) is 9.97 Å². The predicted octanol–water partition coefficient (Wildman–Crippen LogP) is 0.588. The van der Waals surface area contributed by atoms with Gasteiger partial charge in [0, 0.05) is 18.1 Å². The lowest BCUT2D eigenvalue weighted by molar-refractivity contribution is 0.425. The summed E-state index contributed by atoms with van der Waals surface area (Å²) in [6, 6.07) is 5.70. The molecule has 7 heteroatoms. The fourth-order valence-electron chi connectivity index (χ4n) is 1.42. The Morgan fingerprint density at radius 2 is 1.89 bits per heavy atom. The van der Waals surface area contributed by atoms with Crippen molar-refractivity contribution in [2.75, 3.05) is 0 Å². The zero-order valence-corrected chi connectivity index (χ0v) is 10.1. The van der Waals surface area contributed by atoms with Crippen molar-refractivity contribution in [3.63, 3.8) is 0 Å². The molecule has 2 aromatic rings. The first-order valence-electron chi connectivity index (χ1n) is 5.20. The molecule has 1 aromatic heterocycles. The number of thioether (sulfide) groups is 1. The van der Waals surface area contributed by atoms with E-state index >= 15 is 0 Å². The van der Waals surface area contributed by atoms with Crippen LogP contribution in [-0.4, -0.2) is 27.1 Å². The molecule has 1 aromatic carbocycles. The lowest BCUT2D eigenvalue weighted by Crippen LogP contribution is -2.30. The lowest BCUT2D eigenvalue weighted by Gasteiger charge is -2.05. The molecule has 0 radical (unpaired) electrons. The van der Waals surface area contributed by atoms with Gasteiger partial charge in [0.2, 0.25) is 0 Å². The molecule has 0 aliphatic carbocycles. The molecule has 1 heterocycles. The summed E-state index contributed by atoms with van der Waals surface area (Å²) in [6.07, 6.45) is 3.26. The van der Waals surface area contributed by atoms with Crippen LogP contribution in [0.1, 0.15) is 5.56 Å². The third-order valence-electron chi connectivity index (χ3n) is 2.19. The van der Waals surface area contributed by atoms with Crippen LogP contribution in [0.3, 0.4) is 0 Å². The van der Waals surface area contributed by atoms with Gasteiger partial charge in [-0.2, -0.15) is 0 Å². The Balaban J connectivity index is 2.10. The van der Waals surface area contributed by atoms with Crippen molar-refractivity contribution in [3.8, 4) is 0 Å². The van der Waals surface area contributed by atoms with Crippen LogP contribution in [0.4, 0.5) is 4.39 Å². The number of halogens is 1. The van der Waals surface area contributed by atoms with Crippen molar-refractivity contribution in [2.24, 2.45) is 0 Å². The molecular weight excluding hydrogens is 254 g/mol. The Morgan fingerprint density at radius 1 is 1.17 bits per heavy atom. The molecule has 0 atom stereocenters. The minimum Gasteiger partial charge on any atom is -0.423 e. The number of hydrogen-bond donors (Lipinski definition) is 2. The quantitative estimate of drug-likeness (QED) is 0.480. The third-order valence-corrected chi connectivity index (χ3v) is 3.13. The van der Waals surface area contributed by atoms with E-state index in [0.717, 1.165) is 6.07 Å². The molecule has 0 spiro atoms. The van der Waals surface area contributed by atoms with Crippen molar-refractivity contribution in [1.29, 1.82) is 0 Å². The Hall–Kier alpha value is -1.44. The second-order valence-corrected chi connectivity index (χ2v) is 4.53. The molecule has 0 aliphatic rings. The summed E-state index contributed by atoms with van der Waals surface area (Å²) >= 11 is 1.35. The molecule has 0 unspecified atom stereocenters. The molecule has 18 heavy (non-hydrogen) atoms. The summed E-state index contributed by atoms with van der Waals surface area (Å²) in [4.78, 5) is 8.07. The average Bonchev–Trinajstić information content (AvgIpc) is 2.37. The van der Waals surface area contributed by atoms with Gasteiger partial charge in [-0.3, -0.25) is 0 Å². The van der Waals surface area contributed by atoms with Gasteiger partial charge in [0.25, 0.3) is 0 Å². The van der Waals surface area contributed by atoms with Crippen LogP contribution < -0.4 is 5.46 Å². The van der Waals surface area contributed by atoms with Crippen molar-refractivity contribution >= 4 is 24.3 Å². The number of rotatable bonds is 4. The molecule has 0 amide bonds. The predicted molar refractivity (Wildman–Crippen MR) is 67.8 cm³/mol. The van der Waals surface area contributed by atoms with Gasteiger partial charge in [-0.05, 0) is 29.2 Å². The first-order chi connectivity index (χ1) is 8.65. The average molecular weight is 264 g/mol. The summed E-state index contributed by atoms with van der Waals surface area (Å²) in [5, 5.41) is 18.6. The smallest absolute Gasteiger partial charge is 0.423 e. The van der Waals surface area contributed by atoms with E-state index in [1.807, 2.05) is 0 Å². The number of hydrogen-bond acceptors (Lipinski definition) is 5. The molecule has 4 nitrogen and oxygen atoms in total. The maximum Gasteiger partial charge on any atom is 0.488 e. The number of aromatic nitrogens is 2. The molecule has 0 fully saturated rings. The van der Waals surface area contributed by atoms with Gasteiger partial charge in [-0.1, -0.05) is 17.8 Å². The van der Waals surface area contributed by atoms with Gasteiger partial charge >= 0.3 is 7.12 Å². The largest absolute Gasteiger partial charge is 0.488 e. The molecule has 0 aliphatic heterocycles. The molecule has 0 bridgehead atoms. The second-order valence-electron chi connectivity index (χ2n) is 3.59. The van der Waals surface area contributed by atoms with Crippen molar-refractivity contribution in [2.45, 2.75) is 10.9 Å². The Bertz CT molecular complexity index is 528. The second kappa shape index (κ2) is 5.95. The van der Waals surface area contributed by atoms with Gasteiger partial charge in [0.1, 0.15) is 5.82 Å². The van der Waals surface area contributed by atoms with E-state index < -0.39 is 12.9 Å². The van der Waals surface area contributed by atoms with Crippen LogP contribution in [0.25, 0.3) is 0 Å². The van der Waals surface area contributed by atoms with E-state index in [1.54, 1.807) is 24.5 Å². The highest BCUT2D eigenvalue weighted by molar-refractivity contribution is 7.98. The molecule has 0 saturated heterocycles. The Labute approximate surface area is 108 Å². The molecule has 0 saturated carbocycles. The Kier molecular flexibility index (Phi) is 4.30. The topological polar surface area (TPSA) is 66.2 Å². The summed E-state index contributed by atoms with van der Waals surface area (Å²) in [5.74, 6) is -0.0354. The van der Waals surface area contributed by atoms with Gasteiger partial charge < -0.3 is 10.0 Å². The molecular formula is C11H10BFN2O2S. The fraction of sp³-hybridized carbons (Fsp3) is 0.0909. The summed E-state index contributed by atoms with van der Waals surface area (Å²) in [5.41, 5.74) is 0.787. The van der Waals surface area contributed by atoms with Crippen molar-refractivity contribution < 1.29 is 14.4 Å². The van der Waals surface area contributed by atoms with Crippen LogP contribution in [-0.2, 0) is 5.75 Å². The summed E-state index contributed by atoms with van der Waals surface area (Å²) in [6.45, 7) is 0. The highest BCUT2D eigenvalue weighted by Gasteiger charge is 2.13. The van der Waals surface area contributed by atoms with Crippen molar-refractivity contribution in [3.05, 3.63) is 48.0 Å². The minimum atomic E-state index is -1.67. The van der Waals surface area contributed by atoms with Crippen LogP contribution >= 0.6 is 11.8 Å². The zero-order valence-electron chi connectivity index (χ0n) is 9.32. The van der Waals surface area contributed by atoms with E-state index in [9.17, 15) is 4.39 Å². The highest BCUT2D eigenvalue weighted by atomic mass is 32.2. The van der Waals surface area contributed by atoms with Gasteiger partial charge in [0.15, 0.2) is 5.16 Å². The Morgan fingerprint density at radius 3 is 2.56 bits per heavy atom. The molecule has 2 rings (SSSR count). The third kappa shape index (κ3) is 3.53. The van der Waals surface area contributed by atoms with Gasteiger partial charge in [0.05, 0.1) is 0 Å². The van der Waals surface area contributed by atoms with Gasteiger partial charge in [-0.25, -0.2) is 14.4 Å². The maximum atomic E-state index is 13.3. The fourth-order valence-corrected chi connectivity index (χ4v) is 2.15. The number of benzene rings is 1. The van der Waals surface area contributed by atoms with E-state index in [1.165, 1.54) is 17.8 Å². The first-order valence-corrected chi connectivity index (χ1v) is 6.19. The SMILES string of the molecule is OB(O)c1cc(F)cc(CSc2ncccn2)c1. The summed E-state index contributed by atoms with van der Waals surface area (Å²) in [7, 11) is -1.67. The lowest BCUT2D eigenvalue weighted by atomic mass is 9.79. The summed E-state index contributed by atoms with van der Waals surface area (Å²) < 4.78 is 13.3. The van der Waals surface area contributed by atoms with E-state index in [4.69, 9.17) is 10.0 Å².